The minimum absolute atomic E-state index is 0.0544. The highest BCUT2D eigenvalue weighted by Crippen LogP contribution is 2.29. The molecule has 0 saturated heterocycles. The van der Waals surface area contributed by atoms with Crippen LogP contribution in [0.1, 0.15) is 46.1 Å². The minimum atomic E-state index is -0.273. The first-order valence-electron chi connectivity index (χ1n) is 8.08. The number of benzene rings is 1. The van der Waals surface area contributed by atoms with Gasteiger partial charge < -0.3 is 14.6 Å². The Morgan fingerprint density at radius 2 is 2.18 bits per heavy atom. The van der Waals surface area contributed by atoms with Crippen LogP contribution in [0.5, 0.6) is 11.5 Å². The Morgan fingerprint density at radius 3 is 2.91 bits per heavy atom. The summed E-state index contributed by atoms with van der Waals surface area (Å²) in [7, 11) is 0. The van der Waals surface area contributed by atoms with Gasteiger partial charge in [0.25, 0.3) is 0 Å². The van der Waals surface area contributed by atoms with Crippen LogP contribution >= 0.6 is 0 Å². The van der Waals surface area contributed by atoms with Crippen LogP contribution in [0, 0.1) is 5.41 Å². The maximum atomic E-state index is 10.1. The summed E-state index contributed by atoms with van der Waals surface area (Å²) in [5, 5.41) is 10.1. The Balaban J connectivity index is 1.77. The molecule has 0 amide bonds. The quantitative estimate of drug-likeness (QED) is 0.803. The molecule has 2 rings (SSSR count). The van der Waals surface area contributed by atoms with Crippen molar-refractivity contribution in [1.82, 2.24) is 0 Å². The number of allylic oxidation sites excluding steroid dienone is 1. The van der Waals surface area contributed by atoms with Gasteiger partial charge in [0.15, 0.2) is 0 Å². The highest BCUT2D eigenvalue weighted by Gasteiger charge is 2.21. The number of aliphatic hydroxyl groups is 1. The molecule has 1 N–H and O–H groups in total. The average molecular weight is 304 g/mol. The first-order valence-corrected chi connectivity index (χ1v) is 8.08. The lowest BCUT2D eigenvalue weighted by Crippen LogP contribution is -2.25. The molecule has 0 radical (unpaired) electrons. The van der Waals surface area contributed by atoms with Crippen molar-refractivity contribution < 1.29 is 14.6 Å². The highest BCUT2D eigenvalue weighted by molar-refractivity contribution is 5.42. The third-order valence-electron chi connectivity index (χ3n) is 4.16. The van der Waals surface area contributed by atoms with Crippen LogP contribution in [0.3, 0.4) is 0 Å². The molecule has 1 aromatic rings. The molecule has 0 bridgehead atoms. The first-order chi connectivity index (χ1) is 10.4. The lowest BCUT2D eigenvalue weighted by molar-refractivity contribution is 0.0559. The van der Waals surface area contributed by atoms with E-state index in [1.165, 1.54) is 11.1 Å². The highest BCUT2D eigenvalue weighted by atomic mass is 16.5. The zero-order valence-electron chi connectivity index (χ0n) is 14.2. The van der Waals surface area contributed by atoms with Gasteiger partial charge >= 0.3 is 0 Å². The van der Waals surface area contributed by atoms with E-state index in [0.717, 1.165) is 37.4 Å². The van der Waals surface area contributed by atoms with Gasteiger partial charge in [0.05, 0.1) is 12.7 Å². The Kier molecular flexibility index (Phi) is 5.52. The zero-order valence-corrected chi connectivity index (χ0v) is 14.2. The number of hydrogen-bond donors (Lipinski definition) is 1. The molecule has 1 unspecified atom stereocenters. The molecule has 0 fully saturated rings. The number of fused-ring (bicyclic) bond motifs is 1. The average Bonchev–Trinajstić information content (AvgIpc) is 2.91. The number of hydrogen-bond acceptors (Lipinski definition) is 3. The summed E-state index contributed by atoms with van der Waals surface area (Å²) in [6.45, 7) is 9.61. The fourth-order valence-corrected chi connectivity index (χ4v) is 2.42. The third-order valence-corrected chi connectivity index (χ3v) is 4.16. The molecule has 0 spiro atoms. The molecular weight excluding hydrogens is 276 g/mol. The summed E-state index contributed by atoms with van der Waals surface area (Å²) < 4.78 is 11.3. The maximum absolute atomic E-state index is 10.1. The summed E-state index contributed by atoms with van der Waals surface area (Å²) in [6.07, 6.45) is 4.49. The normalized spacial score (nSPS) is 16.1. The van der Waals surface area contributed by atoms with Crippen molar-refractivity contribution in [3.05, 3.63) is 35.4 Å². The molecule has 22 heavy (non-hydrogen) atoms. The molecule has 0 saturated carbocycles. The van der Waals surface area contributed by atoms with Gasteiger partial charge in [-0.25, -0.2) is 0 Å². The second kappa shape index (κ2) is 7.19. The second-order valence-corrected chi connectivity index (χ2v) is 7.15. The zero-order chi connectivity index (χ0) is 16.2. The molecule has 1 atom stereocenters. The molecule has 0 aliphatic carbocycles. The van der Waals surface area contributed by atoms with Gasteiger partial charge in [-0.05, 0) is 42.9 Å². The van der Waals surface area contributed by atoms with Gasteiger partial charge in [0.1, 0.15) is 18.1 Å². The summed E-state index contributed by atoms with van der Waals surface area (Å²) in [5.74, 6) is 1.80. The van der Waals surface area contributed by atoms with Crippen molar-refractivity contribution in [1.29, 1.82) is 0 Å². The molecule has 3 nitrogen and oxygen atoms in total. The van der Waals surface area contributed by atoms with Crippen molar-refractivity contribution in [2.75, 3.05) is 13.2 Å². The fourth-order valence-electron chi connectivity index (χ4n) is 2.42. The largest absolute Gasteiger partial charge is 0.493 e. The summed E-state index contributed by atoms with van der Waals surface area (Å²) in [4.78, 5) is 0. The van der Waals surface area contributed by atoms with Crippen LogP contribution in [-0.4, -0.2) is 24.4 Å². The van der Waals surface area contributed by atoms with E-state index in [-0.39, 0.29) is 11.5 Å². The van der Waals surface area contributed by atoms with Crippen LogP contribution in [0.25, 0.3) is 0 Å². The van der Waals surface area contributed by atoms with Gasteiger partial charge in [-0.15, -0.1) is 0 Å². The topological polar surface area (TPSA) is 38.7 Å². The first kappa shape index (κ1) is 16.9. The number of aliphatic hydroxyl groups excluding tert-OH is 1. The SMILES string of the molecule is C/C(=C\COc1ccc2c(c1)OCC2)CCC(O)C(C)(C)C. The lowest BCUT2D eigenvalue weighted by atomic mass is 9.86. The van der Waals surface area contributed by atoms with E-state index in [1.807, 2.05) is 12.1 Å². The van der Waals surface area contributed by atoms with Gasteiger partial charge in [0.2, 0.25) is 0 Å². The fraction of sp³-hybridized carbons (Fsp3) is 0.579. The summed E-state index contributed by atoms with van der Waals surface area (Å²) in [6, 6.07) is 6.04. The third kappa shape index (κ3) is 4.77. The monoisotopic (exact) mass is 304 g/mol. The molecule has 0 aromatic heterocycles. The van der Waals surface area contributed by atoms with Crippen molar-refractivity contribution in [3.8, 4) is 11.5 Å². The molecule has 1 heterocycles. The molecule has 1 aromatic carbocycles. The Bertz CT molecular complexity index is 526. The van der Waals surface area contributed by atoms with E-state index in [0.29, 0.717) is 6.61 Å². The summed E-state index contributed by atoms with van der Waals surface area (Å²) in [5.41, 5.74) is 2.46. The van der Waals surface area contributed by atoms with Crippen LogP contribution in [-0.2, 0) is 6.42 Å². The van der Waals surface area contributed by atoms with E-state index in [2.05, 4.69) is 39.8 Å². The predicted molar refractivity (Wildman–Crippen MR) is 89.6 cm³/mol. The summed E-state index contributed by atoms with van der Waals surface area (Å²) >= 11 is 0. The van der Waals surface area contributed by atoms with Crippen molar-refractivity contribution in [3.63, 3.8) is 0 Å². The lowest BCUT2D eigenvalue weighted by Gasteiger charge is -2.25. The minimum Gasteiger partial charge on any atom is -0.493 e. The standard InChI is InChI=1S/C19H28O3/c1-14(5-8-18(20)19(2,3)4)9-11-21-16-7-6-15-10-12-22-17(15)13-16/h6-7,9,13,18,20H,5,8,10-12H2,1-4H3/b14-9+. The van der Waals surface area contributed by atoms with Crippen molar-refractivity contribution in [2.24, 2.45) is 5.41 Å². The Labute approximate surface area is 134 Å². The molecule has 1 aliphatic rings. The smallest absolute Gasteiger partial charge is 0.126 e. The predicted octanol–water partition coefficient (Wildman–Crippen LogP) is 4.13. The van der Waals surface area contributed by atoms with E-state index >= 15 is 0 Å². The molecule has 1 aliphatic heterocycles. The molecular formula is C19H28O3. The van der Waals surface area contributed by atoms with Gasteiger partial charge in [-0.3, -0.25) is 0 Å². The van der Waals surface area contributed by atoms with E-state index in [9.17, 15) is 5.11 Å². The van der Waals surface area contributed by atoms with Crippen LogP contribution in [0.2, 0.25) is 0 Å². The van der Waals surface area contributed by atoms with Crippen LogP contribution in [0.15, 0.2) is 29.8 Å². The van der Waals surface area contributed by atoms with E-state index in [4.69, 9.17) is 9.47 Å². The van der Waals surface area contributed by atoms with Gasteiger partial charge in [-0.2, -0.15) is 0 Å². The number of ether oxygens (including phenoxy) is 2. The Hall–Kier alpha value is -1.48. The van der Waals surface area contributed by atoms with Gasteiger partial charge in [0, 0.05) is 12.5 Å². The molecule has 122 valence electrons. The maximum Gasteiger partial charge on any atom is 0.126 e. The van der Waals surface area contributed by atoms with Crippen molar-refractivity contribution in [2.45, 2.75) is 53.1 Å². The van der Waals surface area contributed by atoms with Crippen LogP contribution < -0.4 is 9.47 Å². The Morgan fingerprint density at radius 1 is 1.41 bits per heavy atom. The van der Waals surface area contributed by atoms with E-state index < -0.39 is 0 Å². The number of rotatable bonds is 6. The van der Waals surface area contributed by atoms with Crippen molar-refractivity contribution >= 4 is 0 Å². The van der Waals surface area contributed by atoms with E-state index in [1.54, 1.807) is 0 Å². The molecule has 3 heteroatoms. The van der Waals surface area contributed by atoms with Gasteiger partial charge in [-0.1, -0.05) is 32.4 Å². The van der Waals surface area contributed by atoms with Crippen LogP contribution in [0.4, 0.5) is 0 Å². The second-order valence-electron chi connectivity index (χ2n) is 7.15.